The number of halogens is 1. The molecule has 3 amide bonds. The zero-order valence-electron chi connectivity index (χ0n) is 14.9. The number of amides is 3. The average Bonchev–Trinajstić information content (AvgIpc) is 3.03. The molecule has 6 nitrogen and oxygen atoms in total. The van der Waals surface area contributed by atoms with Gasteiger partial charge in [0.25, 0.3) is 0 Å². The van der Waals surface area contributed by atoms with Gasteiger partial charge in [-0.2, -0.15) is 0 Å². The van der Waals surface area contributed by atoms with Crippen molar-refractivity contribution in [1.82, 2.24) is 4.90 Å². The predicted molar refractivity (Wildman–Crippen MR) is 99.6 cm³/mol. The average molecular weight is 369 g/mol. The van der Waals surface area contributed by atoms with Crippen LogP contribution in [-0.4, -0.2) is 42.8 Å². The van der Waals surface area contributed by atoms with Crippen molar-refractivity contribution in [3.63, 3.8) is 0 Å². The first kappa shape index (κ1) is 18.6. The summed E-state index contributed by atoms with van der Waals surface area (Å²) in [5.41, 5.74) is 1.08. The van der Waals surface area contributed by atoms with E-state index in [1.165, 1.54) is 30.1 Å². The molecule has 2 aromatic rings. The van der Waals surface area contributed by atoms with Crippen LogP contribution in [0.25, 0.3) is 0 Å². The summed E-state index contributed by atoms with van der Waals surface area (Å²) in [6, 6.07) is 14.7. The Bertz CT molecular complexity index is 857. The fourth-order valence-electron chi connectivity index (χ4n) is 3.10. The first-order valence-electron chi connectivity index (χ1n) is 8.60. The molecule has 7 heteroatoms. The van der Waals surface area contributed by atoms with Crippen molar-refractivity contribution in [1.29, 1.82) is 0 Å². The quantitative estimate of drug-likeness (QED) is 0.879. The topological polar surface area (TPSA) is 69.7 Å². The van der Waals surface area contributed by atoms with E-state index in [1.54, 1.807) is 11.0 Å². The monoisotopic (exact) mass is 369 g/mol. The third-order valence-corrected chi connectivity index (χ3v) is 4.41. The minimum Gasteiger partial charge on any atom is -0.336 e. The van der Waals surface area contributed by atoms with Crippen molar-refractivity contribution in [2.45, 2.75) is 6.42 Å². The summed E-state index contributed by atoms with van der Waals surface area (Å²) >= 11 is 0. The van der Waals surface area contributed by atoms with Gasteiger partial charge in [0.1, 0.15) is 5.82 Å². The summed E-state index contributed by atoms with van der Waals surface area (Å²) in [4.78, 5) is 39.8. The Morgan fingerprint density at radius 2 is 1.93 bits per heavy atom. The molecule has 3 rings (SSSR count). The zero-order valence-corrected chi connectivity index (χ0v) is 14.9. The smallest absolute Gasteiger partial charge is 0.243 e. The fraction of sp³-hybridized carbons (Fsp3) is 0.250. The maximum absolute atomic E-state index is 13.2. The lowest BCUT2D eigenvalue weighted by Crippen LogP contribution is -2.39. The largest absolute Gasteiger partial charge is 0.336 e. The first-order chi connectivity index (χ1) is 12.9. The second kappa shape index (κ2) is 7.99. The third kappa shape index (κ3) is 4.49. The van der Waals surface area contributed by atoms with E-state index in [9.17, 15) is 18.8 Å². The van der Waals surface area contributed by atoms with Crippen LogP contribution >= 0.6 is 0 Å². The van der Waals surface area contributed by atoms with E-state index in [4.69, 9.17) is 0 Å². The number of hydrogen-bond acceptors (Lipinski definition) is 3. The van der Waals surface area contributed by atoms with E-state index in [-0.39, 0.29) is 31.3 Å². The highest BCUT2D eigenvalue weighted by Gasteiger charge is 2.36. The molecule has 0 spiro atoms. The Hall–Kier alpha value is -3.22. The third-order valence-electron chi connectivity index (χ3n) is 4.41. The molecule has 1 saturated heterocycles. The van der Waals surface area contributed by atoms with Gasteiger partial charge in [-0.3, -0.25) is 14.4 Å². The summed E-state index contributed by atoms with van der Waals surface area (Å²) in [7, 11) is 1.52. The van der Waals surface area contributed by atoms with Crippen LogP contribution in [0.3, 0.4) is 0 Å². The summed E-state index contributed by atoms with van der Waals surface area (Å²) in [5, 5.41) is 2.55. The van der Waals surface area contributed by atoms with Crippen LogP contribution in [0.2, 0.25) is 0 Å². The van der Waals surface area contributed by atoms with Crippen molar-refractivity contribution in [3.8, 4) is 0 Å². The minimum absolute atomic E-state index is 0.114. The SMILES string of the molecule is CN(CC(=O)Nc1cccc(F)c1)C(=O)C1CC(=O)N(c2ccccc2)C1. The van der Waals surface area contributed by atoms with Crippen LogP contribution in [0.4, 0.5) is 15.8 Å². The van der Waals surface area contributed by atoms with Crippen LogP contribution in [0.5, 0.6) is 0 Å². The predicted octanol–water partition coefficient (Wildman–Crippen LogP) is 2.28. The minimum atomic E-state index is -0.496. The van der Waals surface area contributed by atoms with Crippen LogP contribution in [-0.2, 0) is 14.4 Å². The van der Waals surface area contributed by atoms with Gasteiger partial charge in [0.05, 0.1) is 12.5 Å². The number of carbonyl (C=O) groups is 3. The molecule has 1 unspecified atom stereocenters. The highest BCUT2D eigenvalue weighted by molar-refractivity contribution is 6.01. The summed E-state index contributed by atoms with van der Waals surface area (Å²) in [5.74, 6) is -1.76. The molecule has 0 saturated carbocycles. The van der Waals surface area contributed by atoms with Gasteiger partial charge in [-0.05, 0) is 30.3 Å². The summed E-state index contributed by atoms with van der Waals surface area (Å²) in [6.07, 6.45) is 0.115. The molecule has 0 aliphatic carbocycles. The molecule has 2 aromatic carbocycles. The van der Waals surface area contributed by atoms with Gasteiger partial charge >= 0.3 is 0 Å². The molecule has 0 bridgehead atoms. The number of carbonyl (C=O) groups excluding carboxylic acids is 3. The van der Waals surface area contributed by atoms with Gasteiger partial charge in [0.2, 0.25) is 17.7 Å². The number of benzene rings is 2. The van der Waals surface area contributed by atoms with E-state index < -0.39 is 17.6 Å². The maximum Gasteiger partial charge on any atom is 0.243 e. The van der Waals surface area contributed by atoms with Gasteiger partial charge in [0, 0.05) is 31.4 Å². The molecule has 0 radical (unpaired) electrons. The van der Waals surface area contributed by atoms with Gasteiger partial charge in [-0.15, -0.1) is 0 Å². The maximum atomic E-state index is 13.2. The number of rotatable bonds is 5. The number of anilines is 2. The van der Waals surface area contributed by atoms with Gasteiger partial charge in [0.15, 0.2) is 0 Å². The number of likely N-dealkylation sites (N-methyl/N-ethyl adjacent to an activating group) is 1. The first-order valence-corrected chi connectivity index (χ1v) is 8.60. The van der Waals surface area contributed by atoms with Crippen molar-refractivity contribution in [3.05, 3.63) is 60.4 Å². The van der Waals surface area contributed by atoms with Crippen molar-refractivity contribution < 1.29 is 18.8 Å². The molecule has 1 heterocycles. The lowest BCUT2D eigenvalue weighted by atomic mass is 10.1. The molecular weight excluding hydrogens is 349 g/mol. The standard InChI is InChI=1S/C20H20FN3O3/c1-23(13-18(25)22-16-7-5-6-15(21)11-16)20(27)14-10-19(26)24(12-14)17-8-3-2-4-9-17/h2-9,11,14H,10,12-13H2,1H3,(H,22,25). The highest BCUT2D eigenvalue weighted by atomic mass is 19.1. The summed E-state index contributed by atoms with van der Waals surface area (Å²) < 4.78 is 13.2. The van der Waals surface area contributed by atoms with Crippen molar-refractivity contribution in [2.24, 2.45) is 5.92 Å². The number of nitrogens with one attached hydrogen (secondary N) is 1. The Morgan fingerprint density at radius 3 is 2.63 bits per heavy atom. The van der Waals surface area contributed by atoms with E-state index in [2.05, 4.69) is 5.32 Å². The Kier molecular flexibility index (Phi) is 5.49. The van der Waals surface area contributed by atoms with Gasteiger partial charge < -0.3 is 15.1 Å². The second-order valence-corrected chi connectivity index (χ2v) is 6.49. The van der Waals surface area contributed by atoms with Crippen LogP contribution in [0.15, 0.2) is 54.6 Å². The molecule has 1 aliphatic heterocycles. The molecule has 27 heavy (non-hydrogen) atoms. The zero-order chi connectivity index (χ0) is 19.4. The molecule has 140 valence electrons. The van der Waals surface area contributed by atoms with E-state index in [1.807, 2.05) is 30.3 Å². The lowest BCUT2D eigenvalue weighted by molar-refractivity contribution is -0.137. The molecule has 1 N–H and O–H groups in total. The molecular formula is C20H20FN3O3. The van der Waals surface area contributed by atoms with Gasteiger partial charge in [-0.1, -0.05) is 24.3 Å². The number of hydrogen-bond donors (Lipinski definition) is 1. The molecule has 1 aliphatic rings. The van der Waals surface area contributed by atoms with Crippen molar-refractivity contribution >= 4 is 29.1 Å². The van der Waals surface area contributed by atoms with Gasteiger partial charge in [-0.25, -0.2) is 4.39 Å². The highest BCUT2D eigenvalue weighted by Crippen LogP contribution is 2.25. The number of para-hydroxylation sites is 1. The lowest BCUT2D eigenvalue weighted by Gasteiger charge is -2.21. The second-order valence-electron chi connectivity index (χ2n) is 6.49. The normalized spacial score (nSPS) is 16.3. The Labute approximate surface area is 156 Å². The fourth-order valence-corrected chi connectivity index (χ4v) is 3.10. The van der Waals surface area contributed by atoms with Crippen LogP contribution < -0.4 is 10.2 Å². The molecule has 1 atom stereocenters. The van der Waals surface area contributed by atoms with E-state index in [0.29, 0.717) is 5.69 Å². The molecule has 1 fully saturated rings. The Balaban J connectivity index is 1.57. The molecule has 0 aromatic heterocycles. The number of nitrogens with zero attached hydrogens (tertiary/aromatic N) is 2. The Morgan fingerprint density at radius 1 is 1.19 bits per heavy atom. The van der Waals surface area contributed by atoms with Crippen LogP contribution in [0.1, 0.15) is 6.42 Å². The van der Waals surface area contributed by atoms with E-state index >= 15 is 0 Å². The van der Waals surface area contributed by atoms with E-state index in [0.717, 1.165) is 5.69 Å². The van der Waals surface area contributed by atoms with Crippen molar-refractivity contribution in [2.75, 3.05) is 30.4 Å². The van der Waals surface area contributed by atoms with Crippen LogP contribution in [0, 0.1) is 11.7 Å². The summed E-state index contributed by atoms with van der Waals surface area (Å²) in [6.45, 7) is 0.114.